The predicted molar refractivity (Wildman–Crippen MR) is 128 cm³/mol. The van der Waals surface area contributed by atoms with E-state index in [-0.39, 0.29) is 17.1 Å². The first kappa shape index (κ1) is 21.6. The SMILES string of the molecule is C#C[C@H]1CC[C@H](C)N1c1ccc(-c2nc3c(F)c(C(N)=O)ccc3n2Cc2ccn(C)n2)cn1. The van der Waals surface area contributed by atoms with Gasteiger partial charge < -0.3 is 15.2 Å². The lowest BCUT2D eigenvalue weighted by atomic mass is 10.1. The number of pyridine rings is 1. The molecule has 1 aromatic carbocycles. The van der Waals surface area contributed by atoms with Crippen molar-refractivity contribution in [3.8, 4) is 23.7 Å². The minimum Gasteiger partial charge on any atom is -0.366 e. The van der Waals surface area contributed by atoms with Crippen LogP contribution in [0.25, 0.3) is 22.4 Å². The summed E-state index contributed by atoms with van der Waals surface area (Å²) in [7, 11) is 1.83. The Hall–Kier alpha value is -4.19. The number of anilines is 1. The summed E-state index contributed by atoms with van der Waals surface area (Å²) in [6, 6.07) is 9.07. The van der Waals surface area contributed by atoms with Crippen LogP contribution in [0.4, 0.5) is 10.2 Å². The van der Waals surface area contributed by atoms with Gasteiger partial charge in [-0.15, -0.1) is 6.42 Å². The van der Waals surface area contributed by atoms with Crippen molar-refractivity contribution in [2.24, 2.45) is 12.8 Å². The number of imidazole rings is 1. The van der Waals surface area contributed by atoms with Crippen molar-refractivity contribution in [3.05, 3.63) is 59.8 Å². The fourth-order valence-electron chi connectivity index (χ4n) is 4.64. The summed E-state index contributed by atoms with van der Waals surface area (Å²) in [4.78, 5) is 23.0. The number of rotatable bonds is 5. The smallest absolute Gasteiger partial charge is 0.251 e. The van der Waals surface area contributed by atoms with Crippen molar-refractivity contribution < 1.29 is 9.18 Å². The molecule has 5 rings (SSSR count). The molecule has 1 aliphatic rings. The van der Waals surface area contributed by atoms with Crippen LogP contribution in [-0.4, -0.2) is 42.3 Å². The van der Waals surface area contributed by atoms with Gasteiger partial charge in [0, 0.05) is 31.0 Å². The summed E-state index contributed by atoms with van der Waals surface area (Å²) in [6.45, 7) is 2.50. The number of nitrogens with zero attached hydrogens (tertiary/aromatic N) is 6. The van der Waals surface area contributed by atoms with Crippen molar-refractivity contribution in [2.75, 3.05) is 4.90 Å². The molecule has 0 spiro atoms. The van der Waals surface area contributed by atoms with E-state index in [1.165, 1.54) is 6.07 Å². The van der Waals surface area contributed by atoms with E-state index in [1.54, 1.807) is 16.9 Å². The third-order valence-electron chi connectivity index (χ3n) is 6.34. The molecule has 0 aliphatic carbocycles. The average molecular weight is 458 g/mol. The number of primary amides is 1. The molecule has 1 saturated heterocycles. The molecule has 1 fully saturated rings. The van der Waals surface area contributed by atoms with E-state index in [1.807, 2.05) is 36.0 Å². The van der Waals surface area contributed by atoms with Gasteiger partial charge in [-0.2, -0.15) is 5.10 Å². The predicted octanol–water partition coefficient (Wildman–Crippen LogP) is 3.11. The van der Waals surface area contributed by atoms with Crippen LogP contribution in [0.1, 0.15) is 35.8 Å². The van der Waals surface area contributed by atoms with Crippen molar-refractivity contribution in [1.82, 2.24) is 24.3 Å². The van der Waals surface area contributed by atoms with Crippen LogP contribution < -0.4 is 10.6 Å². The highest BCUT2D eigenvalue weighted by Crippen LogP contribution is 2.32. The normalized spacial score (nSPS) is 17.9. The number of nitrogens with two attached hydrogens (primary N) is 1. The molecule has 2 N–H and O–H groups in total. The van der Waals surface area contributed by atoms with Gasteiger partial charge >= 0.3 is 0 Å². The Balaban J connectivity index is 1.62. The minimum absolute atomic E-state index is 0.0170. The van der Waals surface area contributed by atoms with Crippen molar-refractivity contribution >= 4 is 22.8 Å². The van der Waals surface area contributed by atoms with Crippen LogP contribution in [0.15, 0.2) is 42.7 Å². The molecule has 0 unspecified atom stereocenters. The number of carbonyl (C=O) groups excluding carboxylic acids is 1. The topological polar surface area (TPSA) is 94.9 Å². The van der Waals surface area contributed by atoms with E-state index in [0.29, 0.717) is 29.5 Å². The Kier molecular flexibility index (Phi) is 5.28. The van der Waals surface area contributed by atoms with E-state index >= 15 is 4.39 Å². The van der Waals surface area contributed by atoms with Crippen LogP contribution >= 0.6 is 0 Å². The maximum absolute atomic E-state index is 15.1. The molecule has 4 aromatic rings. The summed E-state index contributed by atoms with van der Waals surface area (Å²) in [5.41, 5.74) is 7.25. The summed E-state index contributed by atoms with van der Waals surface area (Å²) in [6.07, 6.45) is 11.2. The van der Waals surface area contributed by atoms with E-state index in [4.69, 9.17) is 12.2 Å². The highest BCUT2D eigenvalue weighted by molar-refractivity contribution is 5.97. The summed E-state index contributed by atoms with van der Waals surface area (Å²) < 4.78 is 18.7. The molecule has 0 bridgehead atoms. The summed E-state index contributed by atoms with van der Waals surface area (Å²) in [5, 5.41) is 4.45. The molecular formula is C25H24FN7O. The monoisotopic (exact) mass is 457 g/mol. The molecule has 1 amide bonds. The summed E-state index contributed by atoms with van der Waals surface area (Å²) in [5.74, 6) is 2.58. The number of benzene rings is 1. The maximum atomic E-state index is 15.1. The van der Waals surface area contributed by atoms with Crippen LogP contribution in [0, 0.1) is 18.2 Å². The first-order valence-electron chi connectivity index (χ1n) is 11.1. The van der Waals surface area contributed by atoms with Gasteiger partial charge in [0.05, 0.1) is 29.4 Å². The van der Waals surface area contributed by atoms with Gasteiger partial charge in [0.25, 0.3) is 5.91 Å². The second kappa shape index (κ2) is 8.30. The van der Waals surface area contributed by atoms with Crippen LogP contribution in [0.5, 0.6) is 0 Å². The van der Waals surface area contributed by atoms with Gasteiger partial charge in [0.1, 0.15) is 17.2 Å². The number of fused-ring (bicyclic) bond motifs is 1. The Morgan fingerprint density at radius 3 is 2.74 bits per heavy atom. The number of aryl methyl sites for hydroxylation is 1. The highest BCUT2D eigenvalue weighted by Gasteiger charge is 2.30. The second-order valence-corrected chi connectivity index (χ2v) is 8.58. The van der Waals surface area contributed by atoms with Crippen LogP contribution in [0.2, 0.25) is 0 Å². The molecule has 9 heteroatoms. The maximum Gasteiger partial charge on any atom is 0.251 e. The van der Waals surface area contributed by atoms with E-state index in [2.05, 4.69) is 32.8 Å². The Bertz CT molecular complexity index is 1430. The Morgan fingerprint density at radius 2 is 2.09 bits per heavy atom. The average Bonchev–Trinajstić information content (AvgIpc) is 3.51. The molecule has 1 aliphatic heterocycles. The molecule has 3 aromatic heterocycles. The zero-order valence-corrected chi connectivity index (χ0v) is 18.9. The number of hydrogen-bond donors (Lipinski definition) is 1. The lowest BCUT2D eigenvalue weighted by molar-refractivity contribution is 0.0996. The number of hydrogen-bond acceptors (Lipinski definition) is 5. The van der Waals surface area contributed by atoms with E-state index in [9.17, 15) is 4.79 Å². The molecule has 34 heavy (non-hydrogen) atoms. The lowest BCUT2D eigenvalue weighted by Gasteiger charge is -2.26. The second-order valence-electron chi connectivity index (χ2n) is 8.58. The standard InChI is InChI=1S/C25H24FN7O/c1-4-18-7-5-15(2)33(18)21-10-6-16(13-28-21)25-29-23-20(9-8-19(22(23)26)24(27)34)32(25)14-17-11-12-31(3)30-17/h1,6,8-13,15,18H,5,7,14H2,2-3H3,(H2,27,34)/t15-,18-/m0/s1. The van der Waals surface area contributed by atoms with E-state index < -0.39 is 11.7 Å². The van der Waals surface area contributed by atoms with Gasteiger partial charge in [0.15, 0.2) is 5.82 Å². The Morgan fingerprint density at radius 1 is 1.26 bits per heavy atom. The van der Waals surface area contributed by atoms with Gasteiger partial charge in [-0.05, 0) is 50.1 Å². The van der Waals surface area contributed by atoms with Crippen LogP contribution in [0.3, 0.4) is 0 Å². The molecule has 0 radical (unpaired) electrons. The van der Waals surface area contributed by atoms with Gasteiger partial charge in [0.2, 0.25) is 0 Å². The van der Waals surface area contributed by atoms with Crippen molar-refractivity contribution in [2.45, 2.75) is 38.4 Å². The lowest BCUT2D eigenvalue weighted by Crippen LogP contribution is -2.34. The number of terminal acetylenes is 1. The van der Waals surface area contributed by atoms with Crippen molar-refractivity contribution in [3.63, 3.8) is 0 Å². The van der Waals surface area contributed by atoms with E-state index in [0.717, 1.165) is 24.4 Å². The number of carbonyl (C=O) groups is 1. The molecule has 8 nitrogen and oxygen atoms in total. The Labute approximate surface area is 196 Å². The molecule has 4 heterocycles. The van der Waals surface area contributed by atoms with Gasteiger partial charge in [-0.25, -0.2) is 14.4 Å². The first-order valence-corrected chi connectivity index (χ1v) is 11.1. The molecule has 2 atom stereocenters. The zero-order chi connectivity index (χ0) is 24.0. The summed E-state index contributed by atoms with van der Waals surface area (Å²) >= 11 is 0. The zero-order valence-electron chi connectivity index (χ0n) is 18.9. The van der Waals surface area contributed by atoms with Gasteiger partial charge in [-0.1, -0.05) is 5.92 Å². The highest BCUT2D eigenvalue weighted by atomic mass is 19.1. The first-order chi connectivity index (χ1) is 16.4. The minimum atomic E-state index is -0.839. The van der Waals surface area contributed by atoms with Crippen LogP contribution in [-0.2, 0) is 13.6 Å². The quantitative estimate of drug-likeness (QED) is 0.465. The third kappa shape index (κ3) is 3.57. The largest absolute Gasteiger partial charge is 0.366 e. The molecule has 0 saturated carbocycles. The fraction of sp³-hybridized carbons (Fsp3) is 0.280. The third-order valence-corrected chi connectivity index (χ3v) is 6.34. The fourth-order valence-corrected chi connectivity index (χ4v) is 4.64. The van der Waals surface area contributed by atoms with Crippen molar-refractivity contribution in [1.29, 1.82) is 0 Å². The van der Waals surface area contributed by atoms with Gasteiger partial charge in [-0.3, -0.25) is 9.48 Å². The molecular weight excluding hydrogens is 433 g/mol. The molecule has 172 valence electrons. The number of amides is 1. The number of halogens is 1. The number of aromatic nitrogens is 5.